The van der Waals surface area contributed by atoms with E-state index < -0.39 is 5.91 Å². The Labute approximate surface area is 183 Å². The van der Waals surface area contributed by atoms with Gasteiger partial charge in [0.1, 0.15) is 11.6 Å². The fourth-order valence-corrected chi connectivity index (χ4v) is 3.72. The van der Waals surface area contributed by atoms with Crippen molar-refractivity contribution in [2.45, 2.75) is 13.8 Å². The molecule has 0 atom stereocenters. The molecule has 3 aromatic rings. The summed E-state index contributed by atoms with van der Waals surface area (Å²) in [6, 6.07) is 16.1. The molecule has 0 aliphatic heterocycles. The molecule has 1 heterocycles. The van der Waals surface area contributed by atoms with Gasteiger partial charge in [0.15, 0.2) is 5.13 Å². The number of para-hydroxylation sites is 1. The molecule has 1 aromatic heterocycles. The van der Waals surface area contributed by atoms with Crippen molar-refractivity contribution >= 4 is 57.3 Å². The van der Waals surface area contributed by atoms with Gasteiger partial charge in [-0.15, -0.1) is 11.3 Å². The number of amides is 2. The van der Waals surface area contributed by atoms with E-state index in [1.54, 1.807) is 41.8 Å². The van der Waals surface area contributed by atoms with Gasteiger partial charge in [-0.1, -0.05) is 35.9 Å². The van der Waals surface area contributed by atoms with Crippen LogP contribution in [0.15, 0.2) is 59.5 Å². The lowest BCUT2D eigenvalue weighted by Gasteiger charge is -2.18. The van der Waals surface area contributed by atoms with E-state index in [0.29, 0.717) is 27.2 Å². The number of anilines is 3. The summed E-state index contributed by atoms with van der Waals surface area (Å²) in [5.74, 6) is -0.764. The van der Waals surface area contributed by atoms with E-state index >= 15 is 0 Å². The van der Waals surface area contributed by atoms with Gasteiger partial charge >= 0.3 is 0 Å². The van der Waals surface area contributed by atoms with E-state index in [9.17, 15) is 14.9 Å². The summed E-state index contributed by atoms with van der Waals surface area (Å²) in [6.45, 7) is 3.29. The number of nitrogens with zero attached hydrogens (tertiary/aromatic N) is 3. The number of thiazole rings is 1. The molecule has 150 valence electrons. The Bertz CT molecular complexity index is 1180. The quantitative estimate of drug-likeness (QED) is 0.432. The summed E-state index contributed by atoms with van der Waals surface area (Å²) >= 11 is 7.26. The largest absolute Gasteiger partial charge is 0.321 e. The lowest BCUT2D eigenvalue weighted by molar-refractivity contribution is -0.116. The third-order valence-corrected chi connectivity index (χ3v) is 5.21. The lowest BCUT2D eigenvalue weighted by atomic mass is 10.2. The van der Waals surface area contributed by atoms with Crippen LogP contribution in [0.25, 0.3) is 6.08 Å². The van der Waals surface area contributed by atoms with E-state index in [4.69, 9.17) is 11.6 Å². The zero-order valence-electron chi connectivity index (χ0n) is 16.2. The van der Waals surface area contributed by atoms with Crippen LogP contribution in [0.2, 0.25) is 5.02 Å². The Morgan fingerprint density at radius 3 is 2.67 bits per heavy atom. The average Bonchev–Trinajstić information content (AvgIpc) is 3.15. The Hall–Kier alpha value is -3.47. The summed E-state index contributed by atoms with van der Waals surface area (Å²) < 4.78 is 0. The van der Waals surface area contributed by atoms with Gasteiger partial charge in [0, 0.05) is 23.0 Å². The minimum absolute atomic E-state index is 0.0905. The van der Waals surface area contributed by atoms with Crippen LogP contribution >= 0.6 is 22.9 Å². The maximum atomic E-state index is 12.5. The summed E-state index contributed by atoms with van der Waals surface area (Å²) in [6.07, 6.45) is 1.39. The molecule has 0 spiro atoms. The zero-order chi connectivity index (χ0) is 21.7. The number of nitriles is 1. The molecule has 3 rings (SSSR count). The van der Waals surface area contributed by atoms with Gasteiger partial charge in [0.05, 0.1) is 11.4 Å². The predicted octanol–water partition coefficient (Wildman–Crippen LogP) is 5.34. The van der Waals surface area contributed by atoms with E-state index in [2.05, 4.69) is 10.3 Å². The van der Waals surface area contributed by atoms with Crippen molar-refractivity contribution < 1.29 is 9.59 Å². The van der Waals surface area contributed by atoms with Crippen LogP contribution in [0.1, 0.15) is 18.2 Å². The summed E-state index contributed by atoms with van der Waals surface area (Å²) in [5, 5.41) is 14.7. The van der Waals surface area contributed by atoms with Gasteiger partial charge in [0.2, 0.25) is 5.91 Å². The first kappa shape index (κ1) is 21.2. The minimum atomic E-state index is -0.528. The van der Waals surface area contributed by atoms with Crippen molar-refractivity contribution in [3.05, 3.63) is 75.8 Å². The van der Waals surface area contributed by atoms with E-state index in [-0.39, 0.29) is 11.5 Å². The molecule has 30 heavy (non-hydrogen) atoms. The van der Waals surface area contributed by atoms with E-state index in [0.717, 1.165) is 5.56 Å². The molecule has 2 amide bonds. The third-order valence-electron chi connectivity index (χ3n) is 4.13. The number of nitrogens with one attached hydrogen (secondary N) is 1. The molecule has 0 aliphatic rings. The monoisotopic (exact) mass is 436 g/mol. The molecular formula is C22H17ClN4O2S. The Morgan fingerprint density at radius 2 is 2.00 bits per heavy atom. The molecular weight excluding hydrogens is 420 g/mol. The number of benzene rings is 2. The number of carbonyl (C=O) groups excluding carboxylic acids is 2. The fourth-order valence-electron chi connectivity index (χ4n) is 2.69. The highest BCUT2D eigenvalue weighted by atomic mass is 35.5. The van der Waals surface area contributed by atoms with Crippen molar-refractivity contribution in [1.29, 1.82) is 5.26 Å². The molecule has 0 bridgehead atoms. The SMILES string of the molecule is CC(=O)N(c1cccc(Cl)c1)c1nc(/C=C(\C#N)C(=O)Nc2ccccc2C)cs1. The number of rotatable bonds is 5. The van der Waals surface area contributed by atoms with Crippen molar-refractivity contribution in [3.63, 3.8) is 0 Å². The van der Waals surface area contributed by atoms with Crippen LogP contribution in [-0.4, -0.2) is 16.8 Å². The molecule has 8 heteroatoms. The highest BCUT2D eigenvalue weighted by molar-refractivity contribution is 7.14. The first-order valence-electron chi connectivity index (χ1n) is 8.89. The second-order valence-electron chi connectivity index (χ2n) is 6.33. The number of halogens is 1. The first-order valence-corrected chi connectivity index (χ1v) is 10.2. The molecule has 6 nitrogen and oxygen atoms in total. The van der Waals surface area contributed by atoms with E-state index in [1.807, 2.05) is 25.1 Å². The normalized spacial score (nSPS) is 10.9. The van der Waals surface area contributed by atoms with Gasteiger partial charge in [-0.3, -0.25) is 14.5 Å². The third kappa shape index (κ3) is 4.92. The molecule has 0 fully saturated rings. The summed E-state index contributed by atoms with van der Waals surface area (Å²) in [4.78, 5) is 30.5. The molecule has 0 saturated heterocycles. The number of carbonyl (C=O) groups is 2. The standard InChI is InChI=1S/C22H17ClN4O2S/c1-14-6-3-4-9-20(14)26-21(29)16(12-24)10-18-13-30-22(25-18)27(15(2)28)19-8-5-7-17(23)11-19/h3-11,13H,1-2H3,(H,26,29)/b16-10+. The number of aromatic nitrogens is 1. The van der Waals surface area contributed by atoms with Crippen molar-refractivity contribution in [2.75, 3.05) is 10.2 Å². The molecule has 0 saturated carbocycles. The molecule has 1 N–H and O–H groups in total. The van der Waals surface area contributed by atoms with Crippen LogP contribution in [0.3, 0.4) is 0 Å². The van der Waals surface area contributed by atoms with Gasteiger partial charge < -0.3 is 5.32 Å². The highest BCUT2D eigenvalue weighted by Gasteiger charge is 2.19. The topological polar surface area (TPSA) is 86.1 Å². The summed E-state index contributed by atoms with van der Waals surface area (Å²) in [5.41, 5.74) is 2.41. The van der Waals surface area contributed by atoms with E-state index in [1.165, 1.54) is 29.2 Å². The highest BCUT2D eigenvalue weighted by Crippen LogP contribution is 2.31. The van der Waals surface area contributed by atoms with Crippen LogP contribution in [0.4, 0.5) is 16.5 Å². The molecule has 2 aromatic carbocycles. The smallest absolute Gasteiger partial charge is 0.266 e. The van der Waals surface area contributed by atoms with Crippen molar-refractivity contribution in [2.24, 2.45) is 0 Å². The van der Waals surface area contributed by atoms with Gasteiger partial charge in [-0.2, -0.15) is 5.26 Å². The zero-order valence-corrected chi connectivity index (χ0v) is 17.8. The van der Waals surface area contributed by atoms with Gasteiger partial charge in [-0.05, 0) is 42.8 Å². The van der Waals surface area contributed by atoms with Crippen LogP contribution in [0.5, 0.6) is 0 Å². The number of hydrogen-bond donors (Lipinski definition) is 1. The Kier molecular flexibility index (Phi) is 6.62. The fraction of sp³-hybridized carbons (Fsp3) is 0.0909. The Balaban J connectivity index is 1.87. The first-order chi connectivity index (χ1) is 14.4. The maximum Gasteiger partial charge on any atom is 0.266 e. The average molecular weight is 437 g/mol. The number of hydrogen-bond acceptors (Lipinski definition) is 5. The molecule has 0 radical (unpaired) electrons. The number of aryl methyl sites for hydroxylation is 1. The molecule has 0 unspecified atom stereocenters. The second kappa shape index (κ2) is 9.35. The van der Waals surface area contributed by atoms with Crippen LogP contribution < -0.4 is 10.2 Å². The summed E-state index contributed by atoms with van der Waals surface area (Å²) in [7, 11) is 0. The minimum Gasteiger partial charge on any atom is -0.321 e. The van der Waals surface area contributed by atoms with Gasteiger partial charge in [-0.25, -0.2) is 4.98 Å². The van der Waals surface area contributed by atoms with Gasteiger partial charge in [0.25, 0.3) is 5.91 Å². The van der Waals surface area contributed by atoms with Crippen LogP contribution in [-0.2, 0) is 9.59 Å². The molecule has 0 aliphatic carbocycles. The van der Waals surface area contributed by atoms with Crippen LogP contribution in [0, 0.1) is 18.3 Å². The van der Waals surface area contributed by atoms with Crippen molar-refractivity contribution in [3.8, 4) is 6.07 Å². The lowest BCUT2D eigenvalue weighted by Crippen LogP contribution is -2.22. The maximum absolute atomic E-state index is 12.5. The second-order valence-corrected chi connectivity index (χ2v) is 7.60. The Morgan fingerprint density at radius 1 is 1.23 bits per heavy atom. The predicted molar refractivity (Wildman–Crippen MR) is 120 cm³/mol. The van der Waals surface area contributed by atoms with Crippen molar-refractivity contribution in [1.82, 2.24) is 4.98 Å².